The van der Waals surface area contributed by atoms with Gasteiger partial charge >= 0.3 is 0 Å². The molecule has 1 heterocycles. The highest BCUT2D eigenvalue weighted by Gasteiger charge is 2.38. The summed E-state index contributed by atoms with van der Waals surface area (Å²) in [5.41, 5.74) is 4.71. The lowest BCUT2D eigenvalue weighted by atomic mass is 9.75. The first-order chi connectivity index (χ1) is 12.7. The van der Waals surface area contributed by atoms with E-state index >= 15 is 0 Å². The van der Waals surface area contributed by atoms with Crippen LogP contribution in [0.3, 0.4) is 0 Å². The number of hydrogen-bond donors (Lipinski definition) is 0. The largest absolute Gasteiger partial charge is 0.493 e. The number of fused-ring (bicyclic) bond motifs is 7. The van der Waals surface area contributed by atoms with Crippen LogP contribution in [0, 0.1) is 0 Å². The molecule has 130 valence electrons. The molecular formula is C22H18O4. The molecule has 0 spiro atoms. The SMILES string of the molecule is O=C1CCc2c(c3c(c4c2OCCC4)C(=O)c2ccccc2C3=O)CC1. The van der Waals surface area contributed by atoms with Crippen molar-refractivity contribution in [2.45, 2.75) is 38.5 Å². The molecule has 0 aromatic heterocycles. The second-order valence-electron chi connectivity index (χ2n) is 7.21. The lowest BCUT2D eigenvalue weighted by Gasteiger charge is -2.30. The predicted molar refractivity (Wildman–Crippen MR) is 95.2 cm³/mol. The molecule has 0 atom stereocenters. The Bertz CT molecular complexity index is 1000. The van der Waals surface area contributed by atoms with Crippen LogP contribution < -0.4 is 4.74 Å². The first-order valence-corrected chi connectivity index (χ1v) is 9.20. The van der Waals surface area contributed by atoms with Crippen molar-refractivity contribution in [3.05, 3.63) is 63.2 Å². The minimum atomic E-state index is -0.0887. The molecule has 2 aromatic carbocycles. The molecule has 3 aliphatic rings. The maximum absolute atomic E-state index is 13.3. The summed E-state index contributed by atoms with van der Waals surface area (Å²) < 4.78 is 5.98. The van der Waals surface area contributed by atoms with E-state index in [0.717, 1.165) is 35.3 Å². The minimum absolute atomic E-state index is 0.0877. The van der Waals surface area contributed by atoms with Crippen molar-refractivity contribution in [1.82, 2.24) is 0 Å². The molecule has 1 aliphatic heterocycles. The van der Waals surface area contributed by atoms with Crippen molar-refractivity contribution >= 4 is 17.3 Å². The van der Waals surface area contributed by atoms with Gasteiger partial charge in [-0.1, -0.05) is 24.3 Å². The molecule has 5 rings (SSSR count). The standard InChI is InChI=1S/C22H18O4/c23-12-7-9-13-16(10-8-12)22-17(6-3-11-26-22)19-18(13)20(24)14-4-1-2-5-15(14)21(19)25/h1-2,4-5H,3,6-11H2. The van der Waals surface area contributed by atoms with E-state index in [4.69, 9.17) is 4.74 Å². The Labute approximate surface area is 151 Å². The predicted octanol–water partition coefficient (Wildman–Crippen LogP) is 3.23. The van der Waals surface area contributed by atoms with Gasteiger partial charge in [-0.15, -0.1) is 0 Å². The molecule has 0 radical (unpaired) electrons. The van der Waals surface area contributed by atoms with E-state index in [1.54, 1.807) is 24.3 Å². The summed E-state index contributed by atoms with van der Waals surface area (Å²) >= 11 is 0. The molecule has 0 N–H and O–H groups in total. The number of ether oxygens (including phenoxy) is 1. The quantitative estimate of drug-likeness (QED) is 0.586. The van der Waals surface area contributed by atoms with Crippen molar-refractivity contribution in [2.75, 3.05) is 6.61 Å². The van der Waals surface area contributed by atoms with Crippen LogP contribution in [0.15, 0.2) is 24.3 Å². The van der Waals surface area contributed by atoms with Crippen molar-refractivity contribution in [3.63, 3.8) is 0 Å². The summed E-state index contributed by atoms with van der Waals surface area (Å²) in [6, 6.07) is 7.03. The molecule has 2 aliphatic carbocycles. The van der Waals surface area contributed by atoms with E-state index in [0.29, 0.717) is 54.5 Å². The van der Waals surface area contributed by atoms with Gasteiger partial charge < -0.3 is 4.74 Å². The smallest absolute Gasteiger partial charge is 0.194 e. The summed E-state index contributed by atoms with van der Waals surface area (Å²) in [7, 11) is 0. The summed E-state index contributed by atoms with van der Waals surface area (Å²) in [4.78, 5) is 38.7. The van der Waals surface area contributed by atoms with Gasteiger partial charge in [0.1, 0.15) is 11.5 Å². The second kappa shape index (κ2) is 5.63. The van der Waals surface area contributed by atoms with E-state index in [9.17, 15) is 14.4 Å². The molecular weight excluding hydrogens is 328 g/mol. The van der Waals surface area contributed by atoms with E-state index in [2.05, 4.69) is 0 Å². The number of rotatable bonds is 0. The monoisotopic (exact) mass is 346 g/mol. The summed E-state index contributed by atoms with van der Waals surface area (Å²) in [5, 5.41) is 0. The molecule has 0 bridgehead atoms. The Balaban J connectivity index is 1.86. The Morgan fingerprint density at radius 2 is 1.31 bits per heavy atom. The number of carbonyl (C=O) groups excluding carboxylic acids is 3. The second-order valence-corrected chi connectivity index (χ2v) is 7.21. The van der Waals surface area contributed by atoms with Gasteiger partial charge in [0.25, 0.3) is 0 Å². The van der Waals surface area contributed by atoms with E-state index in [1.165, 1.54) is 0 Å². The zero-order valence-electron chi connectivity index (χ0n) is 14.4. The van der Waals surface area contributed by atoms with Crippen LogP contribution in [-0.4, -0.2) is 24.0 Å². The van der Waals surface area contributed by atoms with Crippen molar-refractivity contribution in [3.8, 4) is 5.75 Å². The van der Waals surface area contributed by atoms with E-state index in [-0.39, 0.29) is 17.3 Å². The molecule has 4 heteroatoms. The van der Waals surface area contributed by atoms with Gasteiger partial charge in [0.2, 0.25) is 0 Å². The fraction of sp³-hybridized carbons (Fsp3) is 0.318. The van der Waals surface area contributed by atoms with Crippen LogP contribution in [0.5, 0.6) is 5.75 Å². The number of Topliss-reactive ketones (excluding diaryl/α,β-unsaturated/α-hetero) is 1. The third-order valence-corrected chi connectivity index (χ3v) is 5.76. The minimum Gasteiger partial charge on any atom is -0.493 e. The Morgan fingerprint density at radius 1 is 0.692 bits per heavy atom. The maximum atomic E-state index is 13.3. The topological polar surface area (TPSA) is 60.4 Å². The van der Waals surface area contributed by atoms with Crippen molar-refractivity contribution in [2.24, 2.45) is 0 Å². The average Bonchev–Trinajstić information content (AvgIpc) is 2.87. The van der Waals surface area contributed by atoms with Gasteiger partial charge in [-0.25, -0.2) is 0 Å². The van der Waals surface area contributed by atoms with Crippen LogP contribution in [-0.2, 0) is 24.1 Å². The Morgan fingerprint density at radius 3 is 2.00 bits per heavy atom. The highest BCUT2D eigenvalue weighted by atomic mass is 16.5. The maximum Gasteiger partial charge on any atom is 0.194 e. The van der Waals surface area contributed by atoms with E-state index < -0.39 is 0 Å². The number of hydrogen-bond acceptors (Lipinski definition) is 4. The summed E-state index contributed by atoms with van der Waals surface area (Å²) in [6.45, 7) is 0.616. The molecule has 2 aromatic rings. The zero-order valence-corrected chi connectivity index (χ0v) is 14.4. The van der Waals surface area contributed by atoms with Crippen LogP contribution in [0.2, 0.25) is 0 Å². The lowest BCUT2D eigenvalue weighted by Crippen LogP contribution is -2.27. The van der Waals surface area contributed by atoms with Crippen molar-refractivity contribution in [1.29, 1.82) is 0 Å². The van der Waals surface area contributed by atoms with Gasteiger partial charge in [-0.3, -0.25) is 14.4 Å². The normalized spacial score (nSPS) is 18.2. The first kappa shape index (κ1) is 15.5. The van der Waals surface area contributed by atoms with Gasteiger partial charge in [0.05, 0.1) is 6.61 Å². The number of carbonyl (C=O) groups is 3. The van der Waals surface area contributed by atoms with Crippen LogP contribution in [0.4, 0.5) is 0 Å². The Kier molecular flexibility index (Phi) is 3.36. The van der Waals surface area contributed by atoms with Crippen LogP contribution >= 0.6 is 0 Å². The molecule has 4 nitrogen and oxygen atoms in total. The third kappa shape index (κ3) is 2.05. The average molecular weight is 346 g/mol. The highest BCUT2D eigenvalue weighted by Crippen LogP contribution is 2.43. The van der Waals surface area contributed by atoms with Gasteiger partial charge in [0, 0.05) is 40.7 Å². The van der Waals surface area contributed by atoms with Gasteiger partial charge in [-0.05, 0) is 36.8 Å². The molecule has 0 saturated heterocycles. The van der Waals surface area contributed by atoms with Gasteiger partial charge in [-0.2, -0.15) is 0 Å². The summed E-state index contributed by atoms with van der Waals surface area (Å²) in [6.07, 6.45) is 3.56. The Hall–Kier alpha value is -2.75. The fourth-order valence-electron chi connectivity index (χ4n) is 4.57. The van der Waals surface area contributed by atoms with Crippen LogP contribution in [0.25, 0.3) is 0 Å². The molecule has 0 fully saturated rings. The fourth-order valence-corrected chi connectivity index (χ4v) is 4.57. The highest BCUT2D eigenvalue weighted by molar-refractivity contribution is 6.29. The molecule has 26 heavy (non-hydrogen) atoms. The third-order valence-electron chi connectivity index (χ3n) is 5.76. The molecule has 0 amide bonds. The van der Waals surface area contributed by atoms with E-state index in [1.807, 2.05) is 0 Å². The first-order valence-electron chi connectivity index (χ1n) is 9.20. The van der Waals surface area contributed by atoms with Crippen LogP contribution in [0.1, 0.15) is 67.8 Å². The van der Waals surface area contributed by atoms with Gasteiger partial charge in [0.15, 0.2) is 11.6 Å². The lowest BCUT2D eigenvalue weighted by molar-refractivity contribution is -0.118. The molecule has 0 saturated carbocycles. The molecule has 0 unspecified atom stereocenters. The number of benzene rings is 2. The van der Waals surface area contributed by atoms with Crippen molar-refractivity contribution < 1.29 is 19.1 Å². The zero-order chi connectivity index (χ0) is 17.8. The summed E-state index contributed by atoms with van der Waals surface area (Å²) in [5.74, 6) is 0.791. The number of ketones is 3.